The second-order valence-electron chi connectivity index (χ2n) is 11.0. The fraction of sp³-hybridized carbons (Fsp3) is 0.364. The summed E-state index contributed by atoms with van der Waals surface area (Å²) < 4.78 is 2.34. The van der Waals surface area contributed by atoms with Gasteiger partial charge in [0, 0.05) is 41.2 Å². The second kappa shape index (κ2) is 13.7. The molecule has 2 aromatic carbocycles. The minimum Gasteiger partial charge on any atom is -0.329 e. The Bertz CT molecular complexity index is 1530. The van der Waals surface area contributed by atoms with E-state index < -0.39 is 0 Å². The van der Waals surface area contributed by atoms with Gasteiger partial charge in [0.2, 0.25) is 5.28 Å². The van der Waals surface area contributed by atoms with Crippen LogP contribution in [0.5, 0.6) is 0 Å². The lowest BCUT2D eigenvalue weighted by atomic mass is 10.1. The number of nitrogens with one attached hydrogen (secondary N) is 2. The minimum absolute atomic E-state index is 0.292. The molecule has 6 rings (SSSR count). The van der Waals surface area contributed by atoms with Crippen molar-refractivity contribution in [3.8, 4) is 10.6 Å². The molecule has 0 aliphatic heterocycles. The molecular formula is C33H37ClN6S. The maximum absolute atomic E-state index is 6.27. The fourth-order valence-electron chi connectivity index (χ4n) is 5.91. The molecule has 41 heavy (non-hydrogen) atoms. The quantitative estimate of drug-likeness (QED) is 0.116. The Morgan fingerprint density at radius 2 is 1.68 bits per heavy atom. The number of nitrogens with zero attached hydrogens (tertiary/aromatic N) is 4. The molecule has 1 saturated carbocycles. The molecule has 1 fully saturated rings. The summed E-state index contributed by atoms with van der Waals surface area (Å²) >= 11 is 7.96. The standard InChI is InChI=1S/C33H37ClN6S/c34-33-37-21-29-30(32-38-27(23-41-32)18-25-10-5-2-6-11-25)22-40(31(29)39-33)28-13-12-26(19-28)20-36-16-7-15-35-17-14-24-8-3-1-4-9-24/h1-6,8-11,21-23,26,28,35-36H,7,12-20H2. The zero-order chi connectivity index (χ0) is 27.9. The van der Waals surface area contributed by atoms with E-state index in [1.165, 1.54) is 17.5 Å². The molecule has 6 nitrogen and oxygen atoms in total. The molecule has 8 heteroatoms. The van der Waals surface area contributed by atoms with E-state index in [9.17, 15) is 0 Å². The monoisotopic (exact) mass is 584 g/mol. The lowest BCUT2D eigenvalue weighted by molar-refractivity contribution is 0.452. The van der Waals surface area contributed by atoms with Gasteiger partial charge >= 0.3 is 0 Å². The molecule has 1 aliphatic rings. The summed E-state index contributed by atoms with van der Waals surface area (Å²) in [7, 11) is 0. The molecule has 3 heterocycles. The van der Waals surface area contributed by atoms with Crippen molar-refractivity contribution in [1.29, 1.82) is 0 Å². The first-order valence-corrected chi connectivity index (χ1v) is 16.0. The van der Waals surface area contributed by atoms with Gasteiger partial charge in [-0.25, -0.2) is 9.97 Å². The summed E-state index contributed by atoms with van der Waals surface area (Å²) in [6, 6.07) is 21.6. The van der Waals surface area contributed by atoms with Crippen LogP contribution in [0.2, 0.25) is 5.28 Å². The molecular weight excluding hydrogens is 548 g/mol. The number of fused-ring (bicyclic) bond motifs is 1. The van der Waals surface area contributed by atoms with E-state index in [0.717, 1.165) is 85.6 Å². The molecule has 0 amide bonds. The van der Waals surface area contributed by atoms with Crippen molar-refractivity contribution in [2.75, 3.05) is 26.2 Å². The topological polar surface area (TPSA) is 67.7 Å². The van der Waals surface area contributed by atoms with Gasteiger partial charge in [0.1, 0.15) is 10.7 Å². The van der Waals surface area contributed by atoms with Crippen LogP contribution < -0.4 is 10.6 Å². The van der Waals surface area contributed by atoms with E-state index in [0.29, 0.717) is 17.2 Å². The molecule has 212 valence electrons. The molecule has 0 saturated heterocycles. The molecule has 3 aromatic heterocycles. The molecule has 2 atom stereocenters. The summed E-state index contributed by atoms with van der Waals surface area (Å²) in [5.41, 5.74) is 5.77. The van der Waals surface area contributed by atoms with Crippen LogP contribution >= 0.6 is 22.9 Å². The van der Waals surface area contributed by atoms with E-state index in [1.807, 2.05) is 12.3 Å². The second-order valence-corrected chi connectivity index (χ2v) is 12.2. The van der Waals surface area contributed by atoms with Crippen molar-refractivity contribution in [3.63, 3.8) is 0 Å². The van der Waals surface area contributed by atoms with Crippen molar-refractivity contribution in [3.05, 3.63) is 101 Å². The predicted molar refractivity (Wildman–Crippen MR) is 170 cm³/mol. The number of aromatic nitrogens is 4. The van der Waals surface area contributed by atoms with Gasteiger partial charge in [-0.05, 0) is 86.9 Å². The van der Waals surface area contributed by atoms with E-state index in [-0.39, 0.29) is 0 Å². The van der Waals surface area contributed by atoms with Gasteiger partial charge in [0.15, 0.2) is 0 Å². The lowest BCUT2D eigenvalue weighted by Crippen LogP contribution is -2.26. The smallest absolute Gasteiger partial charge is 0.224 e. The number of hydrogen-bond acceptors (Lipinski definition) is 6. The number of thiazole rings is 1. The van der Waals surface area contributed by atoms with Crippen LogP contribution in [0.3, 0.4) is 0 Å². The van der Waals surface area contributed by atoms with E-state index in [1.54, 1.807) is 11.3 Å². The van der Waals surface area contributed by atoms with Crippen LogP contribution in [-0.4, -0.2) is 45.7 Å². The molecule has 1 aliphatic carbocycles. The Morgan fingerprint density at radius 1 is 0.902 bits per heavy atom. The van der Waals surface area contributed by atoms with Crippen molar-refractivity contribution in [2.45, 2.75) is 44.6 Å². The number of halogens is 1. The van der Waals surface area contributed by atoms with Crippen molar-refractivity contribution < 1.29 is 0 Å². The maximum atomic E-state index is 6.27. The van der Waals surface area contributed by atoms with Crippen LogP contribution in [0.4, 0.5) is 0 Å². The van der Waals surface area contributed by atoms with E-state index >= 15 is 0 Å². The van der Waals surface area contributed by atoms with Crippen LogP contribution in [-0.2, 0) is 12.8 Å². The average molecular weight is 585 g/mol. The van der Waals surface area contributed by atoms with Crippen molar-refractivity contribution in [1.82, 2.24) is 30.2 Å². The van der Waals surface area contributed by atoms with Gasteiger partial charge < -0.3 is 15.2 Å². The highest BCUT2D eigenvalue weighted by Crippen LogP contribution is 2.40. The van der Waals surface area contributed by atoms with Gasteiger partial charge in [-0.3, -0.25) is 0 Å². The Morgan fingerprint density at radius 3 is 2.51 bits per heavy atom. The van der Waals surface area contributed by atoms with Crippen LogP contribution in [0, 0.1) is 5.92 Å². The molecule has 0 spiro atoms. The third-order valence-electron chi connectivity index (χ3n) is 8.03. The molecule has 2 N–H and O–H groups in total. The summed E-state index contributed by atoms with van der Waals surface area (Å²) in [5, 5.41) is 11.8. The highest BCUT2D eigenvalue weighted by atomic mass is 35.5. The average Bonchev–Trinajstić information content (AvgIpc) is 3.74. The van der Waals surface area contributed by atoms with Gasteiger partial charge in [-0.2, -0.15) is 4.98 Å². The summed E-state index contributed by atoms with van der Waals surface area (Å²) in [6.45, 7) is 4.20. The lowest BCUT2D eigenvalue weighted by Gasteiger charge is -2.15. The molecule has 5 aromatic rings. The minimum atomic E-state index is 0.292. The number of hydrogen-bond donors (Lipinski definition) is 2. The van der Waals surface area contributed by atoms with E-state index in [2.05, 4.69) is 91.3 Å². The normalized spacial score (nSPS) is 17.0. The first-order valence-electron chi connectivity index (χ1n) is 14.7. The fourth-order valence-corrected chi connectivity index (χ4v) is 6.88. The van der Waals surface area contributed by atoms with Crippen molar-refractivity contribution >= 4 is 34.0 Å². The first-order chi connectivity index (χ1) is 20.2. The van der Waals surface area contributed by atoms with Gasteiger partial charge in [0.05, 0.1) is 5.69 Å². The Kier molecular flexibility index (Phi) is 9.38. The van der Waals surface area contributed by atoms with Crippen LogP contribution in [0.15, 0.2) is 78.4 Å². The predicted octanol–water partition coefficient (Wildman–Crippen LogP) is 6.95. The maximum Gasteiger partial charge on any atom is 0.224 e. The van der Waals surface area contributed by atoms with Gasteiger partial charge in [-0.1, -0.05) is 60.7 Å². The van der Waals surface area contributed by atoms with Crippen LogP contribution in [0.25, 0.3) is 21.6 Å². The highest BCUT2D eigenvalue weighted by Gasteiger charge is 2.28. The zero-order valence-corrected chi connectivity index (χ0v) is 24.9. The molecule has 0 radical (unpaired) electrons. The SMILES string of the molecule is Clc1ncc2c(-c3nc(Cc4ccccc4)cs3)cn(C3CCC(CNCCCNCCc4ccccc4)C3)c2n1. The summed E-state index contributed by atoms with van der Waals surface area (Å²) in [6.07, 6.45) is 10.7. The van der Waals surface area contributed by atoms with Gasteiger partial charge in [0.25, 0.3) is 0 Å². The Hall–Kier alpha value is -3.10. The first kappa shape index (κ1) is 28.0. The summed E-state index contributed by atoms with van der Waals surface area (Å²) in [4.78, 5) is 14.0. The Balaban J connectivity index is 1.02. The van der Waals surface area contributed by atoms with E-state index in [4.69, 9.17) is 16.6 Å². The highest BCUT2D eigenvalue weighted by molar-refractivity contribution is 7.13. The van der Waals surface area contributed by atoms with Gasteiger partial charge in [-0.15, -0.1) is 11.3 Å². The largest absolute Gasteiger partial charge is 0.329 e. The number of benzene rings is 2. The number of rotatable bonds is 13. The Labute approximate surface area is 251 Å². The van der Waals surface area contributed by atoms with Crippen molar-refractivity contribution in [2.24, 2.45) is 5.92 Å². The third-order valence-corrected chi connectivity index (χ3v) is 9.14. The molecule has 0 bridgehead atoms. The summed E-state index contributed by atoms with van der Waals surface area (Å²) in [5.74, 6) is 0.668. The van der Waals surface area contributed by atoms with Crippen LogP contribution in [0.1, 0.15) is 48.5 Å². The third kappa shape index (κ3) is 7.22. The molecule has 2 unspecified atom stereocenters. The zero-order valence-electron chi connectivity index (χ0n) is 23.3.